The van der Waals surface area contributed by atoms with E-state index >= 15 is 0 Å². The molecule has 0 amide bonds. The van der Waals surface area contributed by atoms with E-state index in [1.54, 1.807) is 0 Å². The van der Waals surface area contributed by atoms with Gasteiger partial charge in [0.1, 0.15) is 12.4 Å². The second-order valence-corrected chi connectivity index (χ2v) is 7.61. The third kappa shape index (κ3) is 8.91. The van der Waals surface area contributed by atoms with Crippen molar-refractivity contribution in [1.82, 2.24) is 10.3 Å². The average molecular weight is 523 g/mol. The summed E-state index contributed by atoms with van der Waals surface area (Å²) in [7, 11) is 0. The number of aromatic nitrogens is 1. The Morgan fingerprint density at radius 3 is 2.11 bits per heavy atom. The van der Waals surface area contributed by atoms with Gasteiger partial charge in [0, 0.05) is 37.7 Å². The van der Waals surface area contributed by atoms with Crippen molar-refractivity contribution >= 4 is 17.8 Å². The van der Waals surface area contributed by atoms with Gasteiger partial charge in [-0.2, -0.15) is 31.3 Å². The van der Waals surface area contributed by atoms with Crippen LogP contribution in [0.5, 0.6) is 5.88 Å². The number of hydrogen-bond donors (Lipinski definition) is 3. The molecule has 0 bridgehead atoms. The van der Waals surface area contributed by atoms with E-state index in [1.165, 1.54) is 12.0 Å². The van der Waals surface area contributed by atoms with Gasteiger partial charge in [-0.1, -0.05) is 30.3 Å². The van der Waals surface area contributed by atoms with E-state index in [1.807, 2.05) is 0 Å². The normalized spacial score (nSPS) is 17.3. The number of hydrogen-bond acceptors (Lipinski definition) is 6. The molecule has 2 aliphatic rings. The zero-order valence-electron chi connectivity index (χ0n) is 18.6. The number of carboxylic acids is 2. The van der Waals surface area contributed by atoms with Crippen molar-refractivity contribution < 1.29 is 50.9 Å². The van der Waals surface area contributed by atoms with Crippen LogP contribution < -0.4 is 15.0 Å². The monoisotopic (exact) mass is 523 g/mol. The van der Waals surface area contributed by atoms with E-state index in [0.29, 0.717) is 12.5 Å². The Hall–Kier alpha value is -3.55. The van der Waals surface area contributed by atoms with Gasteiger partial charge in [0.15, 0.2) is 0 Å². The molecule has 1 aromatic carbocycles. The first-order valence-corrected chi connectivity index (χ1v) is 10.5. The van der Waals surface area contributed by atoms with Crippen molar-refractivity contribution in [3.8, 4) is 5.88 Å². The van der Waals surface area contributed by atoms with Crippen molar-refractivity contribution in [1.29, 1.82) is 0 Å². The lowest BCUT2D eigenvalue weighted by atomic mass is 9.99. The smallest absolute Gasteiger partial charge is 0.476 e. The zero-order chi connectivity index (χ0) is 26.9. The number of nitrogens with zero attached hydrogens (tertiary/aromatic N) is 2. The van der Waals surface area contributed by atoms with Gasteiger partial charge in [-0.25, -0.2) is 9.59 Å². The van der Waals surface area contributed by atoms with Crippen molar-refractivity contribution in [2.75, 3.05) is 31.1 Å². The lowest BCUT2D eigenvalue weighted by Gasteiger charge is -2.19. The molecule has 3 heterocycles. The number of ether oxygens (including phenoxy) is 1. The number of carboxylic acid groups (broad SMARTS) is 2. The van der Waals surface area contributed by atoms with Gasteiger partial charge in [-0.15, -0.1) is 0 Å². The molecular weight excluding hydrogens is 500 g/mol. The highest BCUT2D eigenvalue weighted by molar-refractivity contribution is 5.73. The summed E-state index contributed by atoms with van der Waals surface area (Å²) in [6.07, 6.45) is -8.98. The number of fused-ring (bicyclic) bond motifs is 1. The molecule has 0 aliphatic carbocycles. The summed E-state index contributed by atoms with van der Waals surface area (Å²) < 4.78 is 69.2. The molecule has 3 N–H and O–H groups in total. The first-order valence-electron chi connectivity index (χ1n) is 10.5. The van der Waals surface area contributed by atoms with Crippen molar-refractivity contribution in [2.24, 2.45) is 0 Å². The van der Waals surface area contributed by atoms with Gasteiger partial charge in [0.2, 0.25) is 5.88 Å². The average Bonchev–Trinajstić information content (AvgIpc) is 3.18. The Labute approximate surface area is 201 Å². The van der Waals surface area contributed by atoms with Crippen LogP contribution in [0, 0.1) is 0 Å². The quantitative estimate of drug-likeness (QED) is 0.510. The van der Waals surface area contributed by atoms with Gasteiger partial charge in [0.05, 0.1) is 0 Å². The lowest BCUT2D eigenvalue weighted by Crippen LogP contribution is -2.21. The number of pyridine rings is 1. The Balaban J connectivity index is 0.000000271. The number of carbonyl (C=O) groups is 2. The topological polar surface area (TPSA) is 112 Å². The summed E-state index contributed by atoms with van der Waals surface area (Å²) in [5.41, 5.74) is 2.58. The van der Waals surface area contributed by atoms with Crippen LogP contribution in [-0.4, -0.2) is 65.7 Å². The molecule has 1 aromatic heterocycles. The summed E-state index contributed by atoms with van der Waals surface area (Å²) in [6, 6.07) is 15.1. The third-order valence-electron chi connectivity index (χ3n) is 5.03. The molecule has 0 spiro atoms. The number of benzene rings is 1. The lowest BCUT2D eigenvalue weighted by molar-refractivity contribution is -0.193. The molecule has 1 atom stereocenters. The van der Waals surface area contributed by atoms with Crippen LogP contribution in [0.2, 0.25) is 0 Å². The van der Waals surface area contributed by atoms with E-state index in [-0.39, 0.29) is 0 Å². The molecule has 0 radical (unpaired) electrons. The van der Waals surface area contributed by atoms with Crippen LogP contribution in [-0.2, 0) is 16.1 Å². The summed E-state index contributed by atoms with van der Waals surface area (Å²) in [4.78, 5) is 24.9. The van der Waals surface area contributed by atoms with Gasteiger partial charge < -0.3 is 25.2 Å². The molecule has 2 aliphatic heterocycles. The Bertz CT molecular complexity index is 993. The van der Waals surface area contributed by atoms with Crippen LogP contribution >= 0.6 is 0 Å². The van der Waals surface area contributed by atoms with Crippen LogP contribution in [0.3, 0.4) is 0 Å². The van der Waals surface area contributed by atoms with Crippen molar-refractivity contribution in [3.63, 3.8) is 0 Å². The second-order valence-electron chi connectivity index (χ2n) is 7.61. The third-order valence-corrected chi connectivity index (χ3v) is 5.03. The standard InChI is InChI=1S/C18H21N3O.2C2HF3O2/c1-2-4-14(5-3-1)16-8-10-21(13-16)17-7-6-15-12-19-9-11-22-18(15)20-17;2*3-2(4,5)1(6)7/h1-7,16,19H,8-13H2;2*(H,6,7). The molecule has 198 valence electrons. The predicted molar refractivity (Wildman–Crippen MR) is 115 cm³/mol. The molecule has 2 aromatic rings. The summed E-state index contributed by atoms with van der Waals surface area (Å²) in [5, 5.41) is 17.6. The molecule has 36 heavy (non-hydrogen) atoms. The fourth-order valence-electron chi connectivity index (χ4n) is 3.30. The van der Waals surface area contributed by atoms with Crippen LogP contribution in [0.15, 0.2) is 42.5 Å². The minimum Gasteiger partial charge on any atom is -0.476 e. The first-order chi connectivity index (χ1) is 16.8. The maximum atomic E-state index is 10.6. The largest absolute Gasteiger partial charge is 0.490 e. The molecule has 4 rings (SSSR count). The molecule has 8 nitrogen and oxygen atoms in total. The number of halogens is 6. The van der Waals surface area contributed by atoms with E-state index < -0.39 is 24.3 Å². The Kier molecular flexibility index (Phi) is 9.90. The fourth-order valence-corrected chi connectivity index (χ4v) is 3.30. The number of rotatable bonds is 2. The number of nitrogens with one attached hydrogen (secondary N) is 1. The fraction of sp³-hybridized carbons (Fsp3) is 0.409. The van der Waals surface area contributed by atoms with Crippen LogP contribution in [0.25, 0.3) is 0 Å². The molecular formula is C22H23F6N3O5. The maximum Gasteiger partial charge on any atom is 0.490 e. The van der Waals surface area contributed by atoms with Crippen LogP contribution in [0.1, 0.15) is 23.5 Å². The highest BCUT2D eigenvalue weighted by atomic mass is 19.4. The minimum atomic E-state index is -5.08. The molecule has 1 saturated heterocycles. The van der Waals surface area contributed by atoms with E-state index in [4.69, 9.17) is 29.5 Å². The second kappa shape index (κ2) is 12.4. The SMILES string of the molecule is O=C(O)C(F)(F)F.O=C(O)C(F)(F)F.c1ccc(C2CCN(c3ccc4c(n3)OCCNC4)C2)cc1. The van der Waals surface area contributed by atoms with E-state index in [9.17, 15) is 26.3 Å². The zero-order valence-corrected chi connectivity index (χ0v) is 18.6. The molecule has 1 unspecified atom stereocenters. The van der Waals surface area contributed by atoms with Gasteiger partial charge in [-0.3, -0.25) is 0 Å². The van der Waals surface area contributed by atoms with Gasteiger partial charge in [-0.05, 0) is 24.1 Å². The maximum absolute atomic E-state index is 10.6. The highest BCUT2D eigenvalue weighted by Gasteiger charge is 2.38. The van der Waals surface area contributed by atoms with Gasteiger partial charge in [0.25, 0.3) is 0 Å². The van der Waals surface area contributed by atoms with Crippen LogP contribution in [0.4, 0.5) is 32.2 Å². The Morgan fingerprint density at radius 2 is 1.56 bits per heavy atom. The predicted octanol–water partition coefficient (Wildman–Crippen LogP) is 3.82. The van der Waals surface area contributed by atoms with E-state index in [0.717, 1.165) is 43.4 Å². The summed E-state index contributed by atoms with van der Waals surface area (Å²) >= 11 is 0. The number of aliphatic carboxylic acids is 2. The first kappa shape index (κ1) is 28.7. The Morgan fingerprint density at radius 1 is 0.972 bits per heavy atom. The number of anilines is 1. The van der Waals surface area contributed by atoms with Crippen molar-refractivity contribution in [2.45, 2.75) is 31.2 Å². The van der Waals surface area contributed by atoms with E-state index in [2.05, 4.69) is 52.7 Å². The highest BCUT2D eigenvalue weighted by Crippen LogP contribution is 2.31. The summed E-state index contributed by atoms with van der Waals surface area (Å²) in [5.74, 6) is -3.07. The molecule has 0 saturated carbocycles. The molecule has 14 heteroatoms. The summed E-state index contributed by atoms with van der Waals surface area (Å²) in [6.45, 7) is 4.51. The van der Waals surface area contributed by atoms with Crippen molar-refractivity contribution in [3.05, 3.63) is 53.6 Å². The number of alkyl halides is 6. The van der Waals surface area contributed by atoms with Gasteiger partial charge >= 0.3 is 24.3 Å². The minimum absolute atomic E-state index is 0.601. The molecule has 1 fully saturated rings.